The maximum Gasteiger partial charge on any atom is 0.356 e. The first-order valence-corrected chi connectivity index (χ1v) is 8.67. The van der Waals surface area contributed by atoms with Crippen LogP contribution >= 0.6 is 27.5 Å². The number of aromatic nitrogens is 2. The molecule has 0 spiro atoms. The summed E-state index contributed by atoms with van der Waals surface area (Å²) in [4.78, 5) is 12.9. The van der Waals surface area contributed by atoms with Gasteiger partial charge in [0.05, 0.1) is 5.03 Å². The van der Waals surface area contributed by atoms with Gasteiger partial charge in [-0.1, -0.05) is 27.5 Å². The molecule has 132 valence electrons. The Labute approximate surface area is 159 Å². The summed E-state index contributed by atoms with van der Waals surface area (Å²) < 4.78 is 6.55. The van der Waals surface area contributed by atoms with Crippen LogP contribution < -0.4 is 9.64 Å². The van der Waals surface area contributed by atoms with Gasteiger partial charge in [0, 0.05) is 23.1 Å². The zero-order valence-electron chi connectivity index (χ0n) is 13.7. The Morgan fingerprint density at radius 2 is 2.12 bits per heavy atom. The van der Waals surface area contributed by atoms with Gasteiger partial charge in [0.25, 0.3) is 0 Å². The minimum atomic E-state index is -1.10. The monoisotopic (exact) mass is 425 g/mol. The summed E-state index contributed by atoms with van der Waals surface area (Å²) in [6.45, 7) is 4.89. The lowest BCUT2D eigenvalue weighted by Crippen LogP contribution is -2.24. The molecule has 0 amide bonds. The Bertz CT molecular complexity index is 777. The van der Waals surface area contributed by atoms with Gasteiger partial charge in [-0.15, -0.1) is 10.2 Å². The number of allylic oxidation sites excluding steroid dienone is 1. The Hall–Kier alpha value is -2.12. The van der Waals surface area contributed by atoms with Gasteiger partial charge in [-0.2, -0.15) is 0 Å². The maximum atomic E-state index is 10.9. The second-order valence-electron chi connectivity index (χ2n) is 5.17. The summed E-state index contributed by atoms with van der Waals surface area (Å²) in [5, 5.41) is 17.2. The highest BCUT2D eigenvalue weighted by Crippen LogP contribution is 2.26. The van der Waals surface area contributed by atoms with Crippen LogP contribution in [-0.2, 0) is 6.54 Å². The van der Waals surface area contributed by atoms with E-state index in [1.165, 1.54) is 12.3 Å². The van der Waals surface area contributed by atoms with Crippen LogP contribution in [0.1, 0.15) is 29.9 Å². The fourth-order valence-electron chi connectivity index (χ4n) is 2.10. The van der Waals surface area contributed by atoms with Crippen molar-refractivity contribution < 1.29 is 14.6 Å². The van der Waals surface area contributed by atoms with Gasteiger partial charge in [0.2, 0.25) is 0 Å². The highest BCUT2D eigenvalue weighted by atomic mass is 79.9. The quantitative estimate of drug-likeness (QED) is 0.660. The van der Waals surface area contributed by atoms with E-state index in [-0.39, 0.29) is 5.69 Å². The molecule has 1 N–H and O–H groups in total. The fraction of sp³-hybridized carbons (Fsp3) is 0.235. The van der Waals surface area contributed by atoms with Gasteiger partial charge in [-0.3, -0.25) is 0 Å². The molecule has 0 aliphatic rings. The van der Waals surface area contributed by atoms with Crippen LogP contribution in [0.3, 0.4) is 0 Å². The number of carboxylic acid groups (broad SMARTS) is 1. The lowest BCUT2D eigenvalue weighted by atomic mass is 10.2. The predicted octanol–water partition coefficient (Wildman–Crippen LogP) is 4.44. The van der Waals surface area contributed by atoms with Gasteiger partial charge < -0.3 is 14.7 Å². The Balaban J connectivity index is 2.27. The minimum Gasteiger partial charge on any atom is -0.476 e. The van der Waals surface area contributed by atoms with E-state index >= 15 is 0 Å². The normalized spacial score (nSPS) is 11.3. The summed E-state index contributed by atoms with van der Waals surface area (Å²) in [6.07, 6.45) is 1.48. The van der Waals surface area contributed by atoms with Crippen molar-refractivity contribution >= 4 is 39.3 Å². The second kappa shape index (κ2) is 8.82. The van der Waals surface area contributed by atoms with Crippen molar-refractivity contribution in [3.8, 4) is 5.75 Å². The average molecular weight is 427 g/mol. The molecular formula is C17H17BrClN3O3. The molecule has 2 rings (SSSR count). The number of aromatic carboxylic acids is 1. The van der Waals surface area contributed by atoms with Gasteiger partial charge in [0.15, 0.2) is 11.5 Å². The molecule has 0 aliphatic heterocycles. The summed E-state index contributed by atoms with van der Waals surface area (Å²) in [5.41, 5.74) is 0.837. The first kappa shape index (κ1) is 19.2. The fourth-order valence-corrected chi connectivity index (χ4v) is 2.55. The van der Waals surface area contributed by atoms with E-state index in [1.807, 2.05) is 30.0 Å². The number of rotatable bonds is 7. The molecule has 6 nitrogen and oxygen atoms in total. The summed E-state index contributed by atoms with van der Waals surface area (Å²) >= 11 is 9.29. The first-order valence-electron chi connectivity index (χ1n) is 7.50. The SMILES string of the molecule is CCN(Cc1cc(Br)ccc1O/C=C(\C)Cl)c1ccc(C(=O)O)nn1. The highest BCUT2D eigenvalue weighted by molar-refractivity contribution is 9.10. The molecule has 0 saturated heterocycles. The van der Waals surface area contributed by atoms with Crippen molar-refractivity contribution in [1.82, 2.24) is 10.2 Å². The Kier molecular flexibility index (Phi) is 6.78. The molecule has 25 heavy (non-hydrogen) atoms. The van der Waals surface area contributed by atoms with Gasteiger partial charge in [-0.25, -0.2) is 4.79 Å². The number of carboxylic acids is 1. The number of halogens is 2. The van der Waals surface area contributed by atoms with Crippen LogP contribution in [0.15, 0.2) is 46.1 Å². The van der Waals surface area contributed by atoms with Crippen LogP contribution in [0.2, 0.25) is 0 Å². The summed E-state index contributed by atoms with van der Waals surface area (Å²) in [6, 6.07) is 8.76. The average Bonchev–Trinajstić information content (AvgIpc) is 2.58. The van der Waals surface area contributed by atoms with E-state index in [1.54, 1.807) is 13.0 Å². The molecule has 0 atom stereocenters. The van der Waals surface area contributed by atoms with Gasteiger partial charge in [0.1, 0.15) is 12.0 Å². The molecule has 0 saturated carbocycles. The van der Waals surface area contributed by atoms with Crippen LogP contribution in [0.4, 0.5) is 5.82 Å². The number of benzene rings is 1. The number of anilines is 1. The van der Waals surface area contributed by atoms with Crippen molar-refractivity contribution in [1.29, 1.82) is 0 Å². The largest absolute Gasteiger partial charge is 0.476 e. The molecule has 1 aromatic heterocycles. The molecule has 8 heteroatoms. The first-order chi connectivity index (χ1) is 11.9. The molecule has 0 aliphatic carbocycles. The Morgan fingerprint density at radius 1 is 1.36 bits per heavy atom. The van der Waals surface area contributed by atoms with Crippen molar-refractivity contribution in [3.05, 3.63) is 57.4 Å². The molecule has 0 fully saturated rings. The predicted molar refractivity (Wildman–Crippen MR) is 100 cm³/mol. The standard InChI is InChI=1S/C17H17BrClN3O3/c1-3-22(16-7-5-14(17(23)24)20-21-16)9-12-8-13(18)4-6-15(12)25-10-11(2)19/h4-8,10H,3,9H2,1-2H3,(H,23,24)/b11-10+. The maximum absolute atomic E-state index is 10.9. The number of nitrogens with zero attached hydrogens (tertiary/aromatic N) is 3. The van der Waals surface area contributed by atoms with Crippen LogP contribution in [0.5, 0.6) is 5.75 Å². The van der Waals surface area contributed by atoms with Crippen molar-refractivity contribution in [2.75, 3.05) is 11.4 Å². The van der Waals surface area contributed by atoms with E-state index in [0.717, 1.165) is 10.0 Å². The van der Waals surface area contributed by atoms with E-state index < -0.39 is 5.97 Å². The Morgan fingerprint density at radius 3 is 2.68 bits per heavy atom. The topological polar surface area (TPSA) is 75.5 Å². The molecule has 0 bridgehead atoms. The zero-order valence-corrected chi connectivity index (χ0v) is 16.1. The molecule has 2 aromatic rings. The highest BCUT2D eigenvalue weighted by Gasteiger charge is 2.13. The number of hydrogen-bond donors (Lipinski definition) is 1. The van der Waals surface area contributed by atoms with Crippen molar-refractivity contribution in [3.63, 3.8) is 0 Å². The van der Waals surface area contributed by atoms with Gasteiger partial charge >= 0.3 is 5.97 Å². The minimum absolute atomic E-state index is 0.0889. The third-order valence-corrected chi connectivity index (χ3v) is 3.89. The van der Waals surface area contributed by atoms with Crippen molar-refractivity contribution in [2.45, 2.75) is 20.4 Å². The summed E-state index contributed by atoms with van der Waals surface area (Å²) in [7, 11) is 0. The van der Waals surface area contributed by atoms with Crippen LogP contribution in [-0.4, -0.2) is 27.8 Å². The third kappa shape index (κ3) is 5.44. The summed E-state index contributed by atoms with van der Waals surface area (Å²) in [5.74, 6) is 0.160. The molecular weight excluding hydrogens is 410 g/mol. The van der Waals surface area contributed by atoms with Crippen LogP contribution in [0.25, 0.3) is 0 Å². The molecule has 1 aromatic carbocycles. The zero-order chi connectivity index (χ0) is 18.4. The molecule has 0 radical (unpaired) electrons. The van der Waals surface area contributed by atoms with Crippen molar-refractivity contribution in [2.24, 2.45) is 0 Å². The van der Waals surface area contributed by atoms with E-state index in [9.17, 15) is 4.79 Å². The van der Waals surface area contributed by atoms with Gasteiger partial charge in [-0.05, 0) is 44.2 Å². The smallest absolute Gasteiger partial charge is 0.356 e. The van der Waals surface area contributed by atoms with Crippen LogP contribution in [0, 0.1) is 0 Å². The number of ether oxygens (including phenoxy) is 1. The lowest BCUT2D eigenvalue weighted by molar-refractivity contribution is 0.0689. The van der Waals surface area contributed by atoms with E-state index in [0.29, 0.717) is 29.7 Å². The third-order valence-electron chi connectivity index (χ3n) is 3.31. The number of hydrogen-bond acceptors (Lipinski definition) is 5. The second-order valence-corrected chi connectivity index (χ2v) is 6.68. The number of carbonyl (C=O) groups is 1. The van der Waals surface area contributed by atoms with E-state index in [2.05, 4.69) is 26.1 Å². The molecule has 1 heterocycles. The lowest BCUT2D eigenvalue weighted by Gasteiger charge is -2.22. The molecule has 0 unspecified atom stereocenters. The van der Waals surface area contributed by atoms with E-state index in [4.69, 9.17) is 21.4 Å².